The summed E-state index contributed by atoms with van der Waals surface area (Å²) >= 11 is 0. The van der Waals surface area contributed by atoms with Gasteiger partial charge in [-0.2, -0.15) is 0 Å². The van der Waals surface area contributed by atoms with Gasteiger partial charge in [-0.05, 0) is 38.2 Å². The first-order valence-corrected chi connectivity index (χ1v) is 9.11. The highest BCUT2D eigenvalue weighted by atomic mass is 16.7. The molecule has 0 aromatic heterocycles. The van der Waals surface area contributed by atoms with Crippen molar-refractivity contribution in [3.63, 3.8) is 0 Å². The fourth-order valence-corrected chi connectivity index (χ4v) is 2.92. The van der Waals surface area contributed by atoms with Gasteiger partial charge in [-0.1, -0.05) is 25.7 Å². The molecule has 0 amide bonds. The predicted molar refractivity (Wildman–Crippen MR) is 88.1 cm³/mol. The molecule has 1 aliphatic carbocycles. The largest absolute Gasteiger partial charge is 0.512 e. The summed E-state index contributed by atoms with van der Waals surface area (Å²) in [6.45, 7) is 2.38. The monoisotopic (exact) mass is 328 g/mol. The molecule has 0 aromatic rings. The minimum atomic E-state index is -0.741. The molecule has 4 atom stereocenters. The van der Waals surface area contributed by atoms with E-state index >= 15 is 0 Å². The summed E-state index contributed by atoms with van der Waals surface area (Å²) in [6.07, 6.45) is 7.78. The van der Waals surface area contributed by atoms with Gasteiger partial charge >= 0.3 is 0 Å². The molecule has 23 heavy (non-hydrogen) atoms. The van der Waals surface area contributed by atoms with E-state index in [2.05, 4.69) is 0 Å². The second kappa shape index (κ2) is 9.62. The molecule has 134 valence electrons. The van der Waals surface area contributed by atoms with Crippen LogP contribution < -0.4 is 0 Å². The predicted octanol–water partition coefficient (Wildman–Crippen LogP) is 3.20. The maximum Gasteiger partial charge on any atom is 0.183 e. The standard InChI is InChI=1S/C18H32O5/c1-13-16(20)12-17(21)18(23-13)22-11-7-5-3-2-4-6-8-15(19)14-9-10-14/h13,16-21H,2-12H2,1H3/t13?,16?,17-,18?/m0/s1. The Morgan fingerprint density at radius 3 is 2.39 bits per heavy atom. The summed E-state index contributed by atoms with van der Waals surface area (Å²) < 4.78 is 11.1. The fourth-order valence-electron chi connectivity index (χ4n) is 2.92. The van der Waals surface area contributed by atoms with E-state index in [-0.39, 0.29) is 6.10 Å². The zero-order valence-corrected chi connectivity index (χ0v) is 14.2. The highest BCUT2D eigenvalue weighted by Gasteiger charge is 2.34. The highest BCUT2D eigenvalue weighted by molar-refractivity contribution is 5.20. The maximum absolute atomic E-state index is 9.81. The molecule has 5 nitrogen and oxygen atoms in total. The van der Waals surface area contributed by atoms with Crippen molar-refractivity contribution < 1.29 is 24.8 Å². The van der Waals surface area contributed by atoms with E-state index in [4.69, 9.17) is 9.47 Å². The number of aliphatic hydroxyl groups is 3. The Labute approximate surface area is 139 Å². The van der Waals surface area contributed by atoms with Crippen LogP contribution >= 0.6 is 0 Å². The summed E-state index contributed by atoms with van der Waals surface area (Å²) in [4.78, 5) is 0. The minimum Gasteiger partial charge on any atom is -0.512 e. The van der Waals surface area contributed by atoms with Crippen molar-refractivity contribution in [2.75, 3.05) is 6.61 Å². The van der Waals surface area contributed by atoms with Gasteiger partial charge in [-0.15, -0.1) is 0 Å². The molecule has 1 saturated carbocycles. The van der Waals surface area contributed by atoms with E-state index in [1.54, 1.807) is 6.92 Å². The number of hydrogen-bond donors (Lipinski definition) is 3. The Bertz CT molecular complexity index is 376. The molecule has 0 spiro atoms. The summed E-state index contributed by atoms with van der Waals surface area (Å²) in [5, 5.41) is 29.1. The Morgan fingerprint density at radius 1 is 1.04 bits per heavy atom. The smallest absolute Gasteiger partial charge is 0.183 e. The van der Waals surface area contributed by atoms with Crippen molar-refractivity contribution in [1.82, 2.24) is 0 Å². The molecular formula is C18H32O5. The lowest BCUT2D eigenvalue weighted by molar-refractivity contribution is -0.261. The van der Waals surface area contributed by atoms with Gasteiger partial charge in [0.1, 0.15) is 6.10 Å². The molecule has 0 bridgehead atoms. The molecule has 0 aromatic carbocycles. The van der Waals surface area contributed by atoms with E-state index in [1.165, 1.54) is 18.4 Å². The van der Waals surface area contributed by atoms with Crippen LogP contribution in [0.3, 0.4) is 0 Å². The zero-order valence-electron chi connectivity index (χ0n) is 14.2. The van der Waals surface area contributed by atoms with E-state index in [0.717, 1.165) is 44.9 Å². The van der Waals surface area contributed by atoms with Crippen molar-refractivity contribution in [3.8, 4) is 0 Å². The van der Waals surface area contributed by atoms with Gasteiger partial charge in [0.25, 0.3) is 0 Å². The van der Waals surface area contributed by atoms with Crippen LogP contribution in [0.15, 0.2) is 11.3 Å². The van der Waals surface area contributed by atoms with Crippen LogP contribution in [0.5, 0.6) is 0 Å². The third kappa shape index (κ3) is 6.79. The van der Waals surface area contributed by atoms with Crippen molar-refractivity contribution in [1.29, 1.82) is 0 Å². The summed E-state index contributed by atoms with van der Waals surface area (Å²) in [6, 6.07) is 0. The van der Waals surface area contributed by atoms with Crippen LogP contribution in [0.4, 0.5) is 0 Å². The van der Waals surface area contributed by atoms with Crippen LogP contribution in [-0.2, 0) is 9.47 Å². The van der Waals surface area contributed by atoms with Gasteiger partial charge in [0.05, 0.1) is 18.0 Å². The topological polar surface area (TPSA) is 79.2 Å². The van der Waals surface area contributed by atoms with E-state index in [1.807, 2.05) is 0 Å². The first-order chi connectivity index (χ1) is 11.1. The number of ether oxygens (including phenoxy) is 2. The molecule has 3 N–H and O–H groups in total. The lowest BCUT2D eigenvalue weighted by Crippen LogP contribution is -2.47. The molecule has 5 heteroatoms. The number of hydrogen-bond acceptors (Lipinski definition) is 5. The van der Waals surface area contributed by atoms with Crippen LogP contribution in [0.2, 0.25) is 0 Å². The second-order valence-corrected chi connectivity index (χ2v) is 6.87. The quantitative estimate of drug-likeness (QED) is 0.424. The normalized spacial score (nSPS) is 30.5. The van der Waals surface area contributed by atoms with Gasteiger partial charge in [0, 0.05) is 19.4 Å². The Kier molecular flexibility index (Phi) is 7.83. The Hall–Kier alpha value is -0.620. The third-order valence-electron chi connectivity index (χ3n) is 4.69. The molecule has 0 radical (unpaired) electrons. The molecule has 1 heterocycles. The average molecular weight is 328 g/mol. The maximum atomic E-state index is 9.81. The number of allylic oxidation sites excluding steroid dienone is 2. The summed E-state index contributed by atoms with van der Waals surface area (Å²) in [5.41, 5.74) is 1.26. The van der Waals surface area contributed by atoms with E-state index in [9.17, 15) is 15.3 Å². The van der Waals surface area contributed by atoms with E-state index < -0.39 is 18.5 Å². The molecule has 1 aliphatic heterocycles. The van der Waals surface area contributed by atoms with Crippen LogP contribution in [-0.4, -0.2) is 46.5 Å². The van der Waals surface area contributed by atoms with Gasteiger partial charge in [0.2, 0.25) is 0 Å². The van der Waals surface area contributed by atoms with Crippen LogP contribution in [0.25, 0.3) is 0 Å². The first-order valence-electron chi connectivity index (χ1n) is 9.11. The molecule has 1 saturated heterocycles. The fraction of sp³-hybridized carbons (Fsp3) is 0.889. The average Bonchev–Trinajstić information content (AvgIpc) is 3.35. The van der Waals surface area contributed by atoms with Crippen molar-refractivity contribution in [2.24, 2.45) is 0 Å². The lowest BCUT2D eigenvalue weighted by atomic mass is 10.0. The first kappa shape index (κ1) is 18.7. The van der Waals surface area contributed by atoms with Crippen molar-refractivity contribution in [3.05, 3.63) is 11.3 Å². The van der Waals surface area contributed by atoms with Gasteiger partial charge in [0.15, 0.2) is 6.29 Å². The molecular weight excluding hydrogens is 296 g/mol. The molecule has 2 rings (SSSR count). The van der Waals surface area contributed by atoms with E-state index in [0.29, 0.717) is 18.8 Å². The van der Waals surface area contributed by atoms with Gasteiger partial charge < -0.3 is 24.8 Å². The number of rotatable bonds is 10. The zero-order chi connectivity index (χ0) is 16.7. The third-order valence-corrected chi connectivity index (χ3v) is 4.69. The Balaban J connectivity index is 1.41. The molecule has 2 aliphatic rings. The van der Waals surface area contributed by atoms with Crippen LogP contribution in [0.1, 0.15) is 71.1 Å². The van der Waals surface area contributed by atoms with Crippen LogP contribution in [0, 0.1) is 0 Å². The number of aliphatic hydroxyl groups excluding tert-OH is 3. The van der Waals surface area contributed by atoms with Gasteiger partial charge in [-0.25, -0.2) is 0 Å². The van der Waals surface area contributed by atoms with Crippen molar-refractivity contribution in [2.45, 2.75) is 95.7 Å². The summed E-state index contributed by atoms with van der Waals surface area (Å²) in [7, 11) is 0. The number of unbranched alkanes of at least 4 members (excludes halogenated alkanes) is 5. The SMILES string of the molecule is CC1OC(OCCCCCCCCC(O)=C2CC2)[C@@H](O)CC1O. The highest BCUT2D eigenvalue weighted by Crippen LogP contribution is 2.32. The Morgan fingerprint density at radius 2 is 1.70 bits per heavy atom. The molecule has 3 unspecified atom stereocenters. The lowest BCUT2D eigenvalue weighted by Gasteiger charge is -2.35. The molecule has 2 fully saturated rings. The second-order valence-electron chi connectivity index (χ2n) is 6.87. The van der Waals surface area contributed by atoms with Crippen molar-refractivity contribution >= 4 is 0 Å². The summed E-state index contributed by atoms with van der Waals surface area (Å²) in [5.74, 6) is 0.642. The van der Waals surface area contributed by atoms with Gasteiger partial charge in [-0.3, -0.25) is 0 Å². The minimum absolute atomic E-state index is 0.287.